The summed E-state index contributed by atoms with van der Waals surface area (Å²) in [7, 11) is 0. The molecule has 35 heavy (non-hydrogen) atoms. The second-order valence-corrected chi connectivity index (χ2v) is 10.1. The molecule has 0 bridgehead atoms. The Balaban J connectivity index is 1.95. The summed E-state index contributed by atoms with van der Waals surface area (Å²) in [6.45, 7) is 3.57. The minimum Gasteiger partial charge on any atom is -0.484 e. The van der Waals surface area contributed by atoms with Gasteiger partial charge in [-0.3, -0.25) is 9.59 Å². The van der Waals surface area contributed by atoms with Gasteiger partial charge in [-0.05, 0) is 55.8 Å². The number of carbonyl (C=O) groups is 2. The van der Waals surface area contributed by atoms with Gasteiger partial charge in [0.1, 0.15) is 11.8 Å². The van der Waals surface area contributed by atoms with Crippen molar-refractivity contribution in [3.8, 4) is 5.75 Å². The fourth-order valence-corrected chi connectivity index (χ4v) is 4.33. The molecule has 0 saturated carbocycles. The fourth-order valence-electron chi connectivity index (χ4n) is 3.55. The zero-order chi connectivity index (χ0) is 25.4. The number of nitrogens with one attached hydrogen (secondary N) is 1. The maximum absolute atomic E-state index is 13.6. The number of rotatable bonds is 10. The van der Waals surface area contributed by atoms with E-state index in [-0.39, 0.29) is 31.0 Å². The minimum atomic E-state index is -0.798. The standard InChI is InChI=1S/C27H27BrCl2N2O3/c1-18(2)31-27(34)25(15-19-7-4-3-5-8-19)32(16-22-23(29)9-6-10-24(22)30)26(33)17-35-21-13-11-20(28)12-14-21/h3-14,18,25H,15-17H2,1-2H3,(H,31,34). The Morgan fingerprint density at radius 3 is 2.17 bits per heavy atom. The smallest absolute Gasteiger partial charge is 0.261 e. The van der Waals surface area contributed by atoms with Crippen molar-refractivity contribution >= 4 is 50.9 Å². The van der Waals surface area contributed by atoms with E-state index in [0.717, 1.165) is 10.0 Å². The Hall–Kier alpha value is -2.54. The van der Waals surface area contributed by atoms with Crippen molar-refractivity contribution in [1.82, 2.24) is 10.2 Å². The maximum Gasteiger partial charge on any atom is 0.261 e. The third-order valence-electron chi connectivity index (χ3n) is 5.27. The van der Waals surface area contributed by atoms with Gasteiger partial charge in [0, 0.05) is 39.1 Å². The second-order valence-electron chi connectivity index (χ2n) is 8.33. The van der Waals surface area contributed by atoms with E-state index in [9.17, 15) is 9.59 Å². The first-order valence-electron chi connectivity index (χ1n) is 11.2. The molecule has 3 rings (SSSR count). The van der Waals surface area contributed by atoms with Crippen LogP contribution in [0.4, 0.5) is 0 Å². The monoisotopic (exact) mass is 576 g/mol. The van der Waals surface area contributed by atoms with E-state index in [0.29, 0.717) is 27.8 Å². The summed E-state index contributed by atoms with van der Waals surface area (Å²) in [6, 6.07) is 21.0. The second kappa shape index (κ2) is 13.0. The number of hydrogen-bond acceptors (Lipinski definition) is 3. The highest BCUT2D eigenvalue weighted by molar-refractivity contribution is 9.10. The normalized spacial score (nSPS) is 11.7. The summed E-state index contributed by atoms with van der Waals surface area (Å²) >= 11 is 16.3. The Morgan fingerprint density at radius 1 is 0.943 bits per heavy atom. The van der Waals surface area contributed by atoms with Crippen LogP contribution in [0.2, 0.25) is 10.0 Å². The molecule has 0 radical (unpaired) electrons. The molecule has 8 heteroatoms. The van der Waals surface area contributed by atoms with Crippen LogP contribution in [0.5, 0.6) is 5.75 Å². The molecule has 0 aliphatic heterocycles. The molecule has 2 amide bonds. The first-order chi connectivity index (χ1) is 16.7. The topological polar surface area (TPSA) is 58.6 Å². The molecule has 0 heterocycles. The minimum absolute atomic E-state index is 0.0596. The largest absolute Gasteiger partial charge is 0.484 e. The fraction of sp³-hybridized carbons (Fsp3) is 0.259. The van der Waals surface area contributed by atoms with Gasteiger partial charge in [0.2, 0.25) is 5.91 Å². The summed E-state index contributed by atoms with van der Waals surface area (Å²) < 4.78 is 6.66. The van der Waals surface area contributed by atoms with Crippen LogP contribution >= 0.6 is 39.1 Å². The average molecular weight is 578 g/mol. The molecule has 1 atom stereocenters. The summed E-state index contributed by atoms with van der Waals surface area (Å²) in [6.07, 6.45) is 0.325. The third kappa shape index (κ3) is 7.99. The van der Waals surface area contributed by atoms with Gasteiger partial charge in [0.15, 0.2) is 6.61 Å². The van der Waals surface area contributed by atoms with Crippen molar-refractivity contribution in [1.29, 1.82) is 0 Å². The zero-order valence-corrected chi connectivity index (χ0v) is 22.6. The number of nitrogens with zero attached hydrogens (tertiary/aromatic N) is 1. The SMILES string of the molecule is CC(C)NC(=O)C(Cc1ccccc1)N(Cc1c(Cl)cccc1Cl)C(=O)COc1ccc(Br)cc1. The molecule has 1 N–H and O–H groups in total. The Morgan fingerprint density at radius 2 is 1.57 bits per heavy atom. The number of amides is 2. The summed E-state index contributed by atoms with van der Waals surface area (Å²) in [5.41, 5.74) is 1.50. The van der Waals surface area contributed by atoms with Crippen LogP contribution in [0.25, 0.3) is 0 Å². The highest BCUT2D eigenvalue weighted by Crippen LogP contribution is 2.27. The maximum atomic E-state index is 13.6. The molecule has 184 valence electrons. The number of hydrogen-bond donors (Lipinski definition) is 1. The average Bonchev–Trinajstić information content (AvgIpc) is 2.82. The van der Waals surface area contributed by atoms with Gasteiger partial charge in [-0.15, -0.1) is 0 Å². The lowest BCUT2D eigenvalue weighted by Gasteiger charge is -2.32. The van der Waals surface area contributed by atoms with Crippen LogP contribution in [-0.2, 0) is 22.6 Å². The van der Waals surface area contributed by atoms with Crippen LogP contribution in [-0.4, -0.2) is 35.4 Å². The van der Waals surface area contributed by atoms with Crippen molar-refractivity contribution in [3.05, 3.63) is 98.4 Å². The summed E-state index contributed by atoms with van der Waals surface area (Å²) in [4.78, 5) is 28.4. The van der Waals surface area contributed by atoms with Crippen molar-refractivity contribution < 1.29 is 14.3 Å². The van der Waals surface area contributed by atoms with Gasteiger partial charge in [-0.2, -0.15) is 0 Å². The van der Waals surface area contributed by atoms with Crippen molar-refractivity contribution in [3.63, 3.8) is 0 Å². The molecule has 0 aliphatic carbocycles. The van der Waals surface area contributed by atoms with Gasteiger partial charge in [0.25, 0.3) is 5.91 Å². The van der Waals surface area contributed by atoms with E-state index in [4.69, 9.17) is 27.9 Å². The molecule has 0 saturated heterocycles. The third-order valence-corrected chi connectivity index (χ3v) is 6.51. The predicted octanol–water partition coefficient (Wildman–Crippen LogP) is 6.30. The van der Waals surface area contributed by atoms with E-state index in [1.54, 1.807) is 30.3 Å². The summed E-state index contributed by atoms with van der Waals surface area (Å²) in [5, 5.41) is 3.79. The van der Waals surface area contributed by atoms with Gasteiger partial charge in [-0.25, -0.2) is 0 Å². The van der Waals surface area contributed by atoms with Crippen LogP contribution < -0.4 is 10.1 Å². The number of benzene rings is 3. The lowest BCUT2D eigenvalue weighted by atomic mass is 10.0. The van der Waals surface area contributed by atoms with Crippen LogP contribution in [0.3, 0.4) is 0 Å². The molecular formula is C27H27BrCl2N2O3. The Labute approximate surface area is 224 Å². The van der Waals surface area contributed by atoms with Gasteiger partial charge in [-0.1, -0.05) is 75.5 Å². The molecule has 1 unspecified atom stereocenters. The molecule has 0 fully saturated rings. The van der Waals surface area contributed by atoms with Crippen LogP contribution in [0, 0.1) is 0 Å². The van der Waals surface area contributed by atoms with Crippen molar-refractivity contribution in [2.75, 3.05) is 6.61 Å². The van der Waals surface area contributed by atoms with Crippen LogP contribution in [0.1, 0.15) is 25.0 Å². The number of ether oxygens (including phenoxy) is 1. The van der Waals surface area contributed by atoms with Crippen LogP contribution in [0.15, 0.2) is 77.3 Å². The van der Waals surface area contributed by atoms with E-state index in [1.165, 1.54) is 4.90 Å². The van der Waals surface area contributed by atoms with Crippen molar-refractivity contribution in [2.45, 2.75) is 38.9 Å². The molecule has 5 nitrogen and oxygen atoms in total. The lowest BCUT2D eigenvalue weighted by molar-refractivity contribution is -0.143. The van der Waals surface area contributed by atoms with Gasteiger partial charge in [0.05, 0.1) is 0 Å². The van der Waals surface area contributed by atoms with E-state index in [1.807, 2.05) is 56.3 Å². The molecule has 3 aromatic rings. The molecule has 0 spiro atoms. The molecule has 0 aromatic heterocycles. The Kier molecular flexibility index (Phi) is 10.0. The Bertz CT molecular complexity index is 1120. The quantitative estimate of drug-likeness (QED) is 0.308. The van der Waals surface area contributed by atoms with E-state index >= 15 is 0 Å². The zero-order valence-electron chi connectivity index (χ0n) is 19.5. The van der Waals surface area contributed by atoms with Gasteiger partial charge >= 0.3 is 0 Å². The molecular weight excluding hydrogens is 551 g/mol. The summed E-state index contributed by atoms with van der Waals surface area (Å²) in [5.74, 6) is -0.0729. The lowest BCUT2D eigenvalue weighted by Crippen LogP contribution is -2.52. The van der Waals surface area contributed by atoms with Gasteiger partial charge < -0.3 is 15.0 Å². The molecule has 3 aromatic carbocycles. The molecule has 0 aliphatic rings. The highest BCUT2D eigenvalue weighted by atomic mass is 79.9. The first-order valence-corrected chi connectivity index (χ1v) is 12.7. The van der Waals surface area contributed by atoms with E-state index < -0.39 is 6.04 Å². The first kappa shape index (κ1) is 27.1. The predicted molar refractivity (Wildman–Crippen MR) is 144 cm³/mol. The van der Waals surface area contributed by atoms with E-state index in [2.05, 4.69) is 21.2 Å². The number of halogens is 3. The number of carbonyl (C=O) groups excluding carboxylic acids is 2. The van der Waals surface area contributed by atoms with Crippen molar-refractivity contribution in [2.24, 2.45) is 0 Å². The highest BCUT2D eigenvalue weighted by Gasteiger charge is 2.32.